The van der Waals surface area contributed by atoms with Gasteiger partial charge >= 0.3 is 11.6 Å². The van der Waals surface area contributed by atoms with Crippen molar-refractivity contribution >= 4 is 28.5 Å². The minimum Gasteiger partial charge on any atom is -0.480 e. The maximum absolute atomic E-state index is 13.0. The summed E-state index contributed by atoms with van der Waals surface area (Å²) in [4.78, 5) is 25.4. The van der Waals surface area contributed by atoms with Gasteiger partial charge in [-0.1, -0.05) is 77.1 Å². The smallest absolute Gasteiger partial charge is 0.344 e. The predicted octanol–water partition coefficient (Wildman–Crippen LogP) is 10.3. The van der Waals surface area contributed by atoms with Crippen LogP contribution in [0, 0.1) is 46.3 Å². The molecule has 1 aromatic carbocycles. The van der Waals surface area contributed by atoms with Crippen LogP contribution in [0.5, 0.6) is 5.75 Å². The number of allylic oxidation sites excluding steroid dienone is 1. The van der Waals surface area contributed by atoms with Gasteiger partial charge in [-0.2, -0.15) is 0 Å². The molecule has 0 aliphatic heterocycles. The van der Waals surface area contributed by atoms with Gasteiger partial charge in [0.1, 0.15) is 17.4 Å². The molecule has 3 saturated carbocycles. The van der Waals surface area contributed by atoms with Crippen LogP contribution < -0.4 is 10.4 Å². The van der Waals surface area contributed by atoms with Gasteiger partial charge in [-0.3, -0.25) is 0 Å². The van der Waals surface area contributed by atoms with Crippen LogP contribution in [0.15, 0.2) is 33.0 Å². The summed E-state index contributed by atoms with van der Waals surface area (Å²) in [6.07, 6.45) is 18.6. The number of hydrogen-bond acceptors (Lipinski definition) is 5. The topological polar surface area (TPSA) is 65.7 Å². The fraction of sp³-hybridized carbons (Fsp3) is 0.707. The maximum atomic E-state index is 13.0. The molecule has 0 bridgehead atoms. The van der Waals surface area contributed by atoms with Crippen LogP contribution in [-0.4, -0.2) is 18.7 Å². The van der Waals surface area contributed by atoms with Gasteiger partial charge in [0.05, 0.1) is 5.02 Å². The van der Waals surface area contributed by atoms with E-state index in [2.05, 4.69) is 40.7 Å². The zero-order chi connectivity index (χ0) is 33.1. The Hall–Kier alpha value is -2.27. The Morgan fingerprint density at radius 2 is 1.83 bits per heavy atom. The maximum Gasteiger partial charge on any atom is 0.344 e. The van der Waals surface area contributed by atoms with Crippen molar-refractivity contribution in [3.8, 4) is 5.75 Å². The molecule has 5 aliphatic rings. The number of carbonyl (C=O) groups excluding carboxylic acids is 1. The molecule has 7 rings (SSSR count). The normalized spacial score (nSPS) is 33.5. The highest BCUT2D eigenvalue weighted by Crippen LogP contribution is 2.67. The summed E-state index contributed by atoms with van der Waals surface area (Å²) in [5.74, 6) is 4.84. The van der Waals surface area contributed by atoms with Crippen molar-refractivity contribution in [3.05, 3.63) is 50.4 Å². The molecule has 0 spiro atoms. The van der Waals surface area contributed by atoms with Crippen LogP contribution in [0.1, 0.15) is 123 Å². The van der Waals surface area contributed by atoms with Crippen LogP contribution in [0.2, 0.25) is 5.02 Å². The van der Waals surface area contributed by atoms with Gasteiger partial charge < -0.3 is 13.9 Å². The highest BCUT2D eigenvalue weighted by Gasteiger charge is 2.59. The fourth-order valence-corrected chi connectivity index (χ4v) is 11.7. The lowest BCUT2D eigenvalue weighted by molar-refractivity contribution is -0.153. The molecule has 6 heteroatoms. The standard InChI is InChI=1S/C41H55ClO5/c1-24(2)8-6-9-25(3)32-14-15-33-30-13-12-26-20-27(16-18-40(26,4)34(30)17-19-41(32,33)5)46-38(43)23-45-37-22-36-31(21-35(37)42)28-10-7-11-29(28)39(44)47-36/h12,21-22,24-25,27,30,32-34H,6-11,13-20,23H2,1-5H3/t25-,27+,30+,32-,33+,34+,40+,41-/m1/s1. The molecule has 0 radical (unpaired) electrons. The van der Waals surface area contributed by atoms with Crippen molar-refractivity contribution in [2.45, 2.75) is 131 Å². The van der Waals surface area contributed by atoms with Gasteiger partial charge in [-0.15, -0.1) is 0 Å². The van der Waals surface area contributed by atoms with Crippen molar-refractivity contribution in [1.82, 2.24) is 0 Å². The van der Waals surface area contributed by atoms with Crippen LogP contribution in [0.25, 0.3) is 11.0 Å². The molecule has 0 saturated heterocycles. The van der Waals surface area contributed by atoms with Crippen LogP contribution >= 0.6 is 11.6 Å². The summed E-state index contributed by atoms with van der Waals surface area (Å²) in [7, 11) is 0. The van der Waals surface area contributed by atoms with E-state index in [4.69, 9.17) is 25.5 Å². The van der Waals surface area contributed by atoms with Crippen LogP contribution in [0.3, 0.4) is 0 Å². The molecular formula is C41H55ClO5. The van der Waals surface area contributed by atoms with Gasteiger partial charge in [0.2, 0.25) is 0 Å². The van der Waals surface area contributed by atoms with E-state index in [1.165, 1.54) is 56.9 Å². The van der Waals surface area contributed by atoms with E-state index in [0.29, 0.717) is 21.8 Å². The lowest BCUT2D eigenvalue weighted by atomic mass is 9.47. The van der Waals surface area contributed by atoms with E-state index in [-0.39, 0.29) is 29.7 Å². The minimum absolute atomic E-state index is 0.119. The number of benzene rings is 1. The summed E-state index contributed by atoms with van der Waals surface area (Å²) in [5.41, 5.74) is 4.16. The molecule has 2 aromatic rings. The zero-order valence-corrected chi connectivity index (χ0v) is 30.1. The van der Waals surface area contributed by atoms with Crippen molar-refractivity contribution in [2.24, 2.45) is 46.3 Å². The van der Waals surface area contributed by atoms with Gasteiger partial charge in [-0.05, 0) is 122 Å². The Kier molecular flexibility index (Phi) is 9.11. The molecular weight excluding hydrogens is 608 g/mol. The fourth-order valence-electron chi connectivity index (χ4n) is 11.5. The average Bonchev–Trinajstić information content (AvgIpc) is 3.66. The van der Waals surface area contributed by atoms with Crippen molar-refractivity contribution in [1.29, 1.82) is 0 Å². The quantitative estimate of drug-likeness (QED) is 0.152. The van der Waals surface area contributed by atoms with E-state index in [1.54, 1.807) is 12.1 Å². The number of rotatable bonds is 9. The lowest BCUT2D eigenvalue weighted by Gasteiger charge is -2.58. The third kappa shape index (κ3) is 5.99. The van der Waals surface area contributed by atoms with Crippen LogP contribution in [-0.2, 0) is 22.4 Å². The Morgan fingerprint density at radius 3 is 2.64 bits per heavy atom. The number of aryl methyl sites for hydroxylation is 1. The van der Waals surface area contributed by atoms with Gasteiger partial charge in [0.25, 0.3) is 0 Å². The first-order valence-corrected chi connectivity index (χ1v) is 19.2. The Labute approximate surface area is 286 Å². The Morgan fingerprint density at radius 1 is 1.02 bits per heavy atom. The SMILES string of the molecule is CC(C)CCC[C@@H](C)[C@H]1CC[C@H]2[C@@H]3CC=C4C[C@@H](OC(=O)COc5cc6oc(=O)c7c(c6cc5Cl)CCC7)CC[C@]4(C)[C@H]3CC[C@]12C. The molecule has 256 valence electrons. The second-order valence-electron chi connectivity index (χ2n) is 16.9. The van der Waals surface area contributed by atoms with E-state index in [1.807, 2.05) is 0 Å². The summed E-state index contributed by atoms with van der Waals surface area (Å²) in [6, 6.07) is 3.43. The third-order valence-electron chi connectivity index (χ3n) is 13.9. The minimum atomic E-state index is -0.382. The molecule has 8 atom stereocenters. The Balaban J connectivity index is 0.966. The number of halogens is 1. The van der Waals surface area contributed by atoms with E-state index >= 15 is 0 Å². The number of hydrogen-bond donors (Lipinski definition) is 0. The number of fused-ring (bicyclic) bond motifs is 8. The van der Waals surface area contributed by atoms with Crippen molar-refractivity contribution < 1.29 is 18.7 Å². The average molecular weight is 663 g/mol. The second kappa shape index (κ2) is 12.9. The first-order chi connectivity index (χ1) is 22.5. The van der Waals surface area contributed by atoms with Gasteiger partial charge in [0, 0.05) is 23.4 Å². The number of esters is 1. The van der Waals surface area contributed by atoms with Crippen molar-refractivity contribution in [3.63, 3.8) is 0 Å². The molecule has 5 nitrogen and oxygen atoms in total. The third-order valence-corrected chi connectivity index (χ3v) is 14.2. The highest BCUT2D eigenvalue weighted by molar-refractivity contribution is 6.32. The molecule has 0 amide bonds. The van der Waals surface area contributed by atoms with Crippen LogP contribution in [0.4, 0.5) is 0 Å². The Bertz CT molecular complexity index is 1600. The monoisotopic (exact) mass is 662 g/mol. The van der Waals surface area contributed by atoms with E-state index in [0.717, 1.165) is 90.5 Å². The van der Waals surface area contributed by atoms with E-state index < -0.39 is 0 Å². The highest BCUT2D eigenvalue weighted by atomic mass is 35.5. The molecule has 1 aromatic heterocycles. The zero-order valence-electron chi connectivity index (χ0n) is 29.3. The van der Waals surface area contributed by atoms with Crippen molar-refractivity contribution in [2.75, 3.05) is 6.61 Å². The summed E-state index contributed by atoms with van der Waals surface area (Å²) >= 11 is 6.56. The second-order valence-corrected chi connectivity index (χ2v) is 17.3. The van der Waals surface area contributed by atoms with Gasteiger partial charge in [0.15, 0.2) is 6.61 Å². The number of carbonyl (C=O) groups is 1. The molecule has 0 unspecified atom stereocenters. The molecule has 1 heterocycles. The predicted molar refractivity (Wildman–Crippen MR) is 188 cm³/mol. The number of ether oxygens (including phenoxy) is 2. The van der Waals surface area contributed by atoms with E-state index in [9.17, 15) is 9.59 Å². The summed E-state index contributed by atoms with van der Waals surface area (Å²) in [5, 5.41) is 1.26. The largest absolute Gasteiger partial charge is 0.480 e. The first-order valence-electron chi connectivity index (χ1n) is 18.8. The lowest BCUT2D eigenvalue weighted by Crippen LogP contribution is -2.51. The molecule has 47 heavy (non-hydrogen) atoms. The summed E-state index contributed by atoms with van der Waals surface area (Å²) in [6.45, 7) is 12.2. The summed E-state index contributed by atoms with van der Waals surface area (Å²) < 4.78 is 17.4. The first kappa shape index (κ1) is 33.2. The molecule has 3 fully saturated rings. The molecule has 5 aliphatic carbocycles. The molecule has 0 N–H and O–H groups in total. The van der Waals surface area contributed by atoms with Gasteiger partial charge in [-0.25, -0.2) is 9.59 Å².